The molecule has 86 valence electrons. The fraction of sp³-hybridized carbons (Fsp3) is 0.273. The van der Waals surface area contributed by atoms with Gasteiger partial charge in [0, 0.05) is 17.1 Å². The minimum absolute atomic E-state index is 0.0815. The molecule has 2 N–H and O–H groups in total. The van der Waals surface area contributed by atoms with Crippen LogP contribution in [0.4, 0.5) is 5.69 Å². The van der Waals surface area contributed by atoms with Gasteiger partial charge in [0.2, 0.25) is 5.91 Å². The van der Waals surface area contributed by atoms with Gasteiger partial charge in [0.1, 0.15) is 0 Å². The first-order chi connectivity index (χ1) is 7.61. The molecule has 0 spiro atoms. The highest BCUT2D eigenvalue weighted by Gasteiger charge is 2.03. The third kappa shape index (κ3) is 4.59. The van der Waals surface area contributed by atoms with Crippen molar-refractivity contribution in [1.82, 2.24) is 5.32 Å². The maximum Gasteiger partial charge on any atom is 0.226 e. The third-order valence-corrected chi connectivity index (χ3v) is 2.25. The van der Waals surface area contributed by atoms with Crippen LogP contribution in [0, 0.1) is 0 Å². The van der Waals surface area contributed by atoms with E-state index in [-0.39, 0.29) is 5.91 Å². The van der Waals surface area contributed by atoms with Crippen molar-refractivity contribution in [2.24, 2.45) is 0 Å². The first-order valence-corrected chi connectivity index (χ1v) is 5.77. The Kier molecular flexibility index (Phi) is 5.22. The predicted molar refractivity (Wildman–Crippen MR) is 70.7 cm³/mol. The number of hydrogen-bond donors (Lipinski definition) is 2. The Morgan fingerprint density at radius 3 is 2.88 bits per heavy atom. The molecule has 3 nitrogen and oxygen atoms in total. The molecule has 0 aromatic heterocycles. The Morgan fingerprint density at radius 2 is 2.25 bits per heavy atom. The van der Waals surface area contributed by atoms with Crippen LogP contribution in [0.2, 0.25) is 5.02 Å². The van der Waals surface area contributed by atoms with E-state index in [1.165, 1.54) is 0 Å². The van der Waals surface area contributed by atoms with Crippen LogP contribution in [0.25, 0.3) is 0 Å². The highest BCUT2D eigenvalue weighted by Crippen LogP contribution is 2.14. The standard InChI is InChI=1S/C11H13ClN2OS/c1-2-4-10(15)14-11(16)13-9-6-3-5-8(12)7-9/h3,5-7H,2,4H2,1H3,(H2,13,14,15,16). The zero-order valence-corrected chi connectivity index (χ0v) is 10.5. The van der Waals surface area contributed by atoms with Crippen molar-refractivity contribution in [3.63, 3.8) is 0 Å². The van der Waals surface area contributed by atoms with Gasteiger partial charge >= 0.3 is 0 Å². The van der Waals surface area contributed by atoms with Crippen LogP contribution in [-0.4, -0.2) is 11.0 Å². The van der Waals surface area contributed by atoms with Gasteiger partial charge < -0.3 is 10.6 Å². The topological polar surface area (TPSA) is 41.1 Å². The maximum atomic E-state index is 11.2. The van der Waals surface area contributed by atoms with E-state index in [4.69, 9.17) is 23.8 Å². The Labute approximate surface area is 105 Å². The lowest BCUT2D eigenvalue weighted by atomic mass is 10.3. The highest BCUT2D eigenvalue weighted by molar-refractivity contribution is 7.80. The number of rotatable bonds is 3. The number of anilines is 1. The Hall–Kier alpha value is -1.13. The van der Waals surface area contributed by atoms with Gasteiger partial charge in [-0.15, -0.1) is 0 Å². The van der Waals surface area contributed by atoms with Crippen molar-refractivity contribution in [1.29, 1.82) is 0 Å². The minimum atomic E-state index is -0.0815. The molecule has 0 aliphatic rings. The summed E-state index contributed by atoms with van der Waals surface area (Å²) in [6.45, 7) is 1.94. The van der Waals surface area contributed by atoms with Gasteiger partial charge in [0.05, 0.1) is 0 Å². The monoisotopic (exact) mass is 256 g/mol. The smallest absolute Gasteiger partial charge is 0.226 e. The number of carbonyl (C=O) groups is 1. The summed E-state index contributed by atoms with van der Waals surface area (Å²) in [6, 6.07) is 7.14. The summed E-state index contributed by atoms with van der Waals surface area (Å²) in [4.78, 5) is 11.2. The van der Waals surface area contributed by atoms with Crippen molar-refractivity contribution in [2.45, 2.75) is 19.8 Å². The summed E-state index contributed by atoms with van der Waals surface area (Å²) in [5.41, 5.74) is 0.759. The van der Waals surface area contributed by atoms with Crippen LogP contribution in [0.15, 0.2) is 24.3 Å². The maximum absolute atomic E-state index is 11.2. The van der Waals surface area contributed by atoms with E-state index < -0.39 is 0 Å². The minimum Gasteiger partial charge on any atom is -0.332 e. The van der Waals surface area contributed by atoms with Gasteiger partial charge in [-0.25, -0.2) is 0 Å². The zero-order chi connectivity index (χ0) is 12.0. The molecule has 1 aromatic carbocycles. The lowest BCUT2D eigenvalue weighted by molar-refractivity contribution is -0.119. The average Bonchev–Trinajstić information content (AvgIpc) is 2.17. The summed E-state index contributed by atoms with van der Waals surface area (Å²) < 4.78 is 0. The molecule has 0 aliphatic carbocycles. The second-order valence-corrected chi connectivity index (χ2v) is 4.11. The molecule has 0 saturated heterocycles. The molecule has 0 aliphatic heterocycles. The molecular formula is C11H13ClN2OS. The second-order valence-electron chi connectivity index (χ2n) is 3.26. The number of nitrogens with one attached hydrogen (secondary N) is 2. The van der Waals surface area contributed by atoms with E-state index in [2.05, 4.69) is 10.6 Å². The molecule has 0 unspecified atom stereocenters. The summed E-state index contributed by atoms with van der Waals surface area (Å²) in [5.74, 6) is -0.0815. The molecule has 5 heteroatoms. The van der Waals surface area contributed by atoms with Gasteiger partial charge in [-0.2, -0.15) is 0 Å². The molecule has 1 rings (SSSR count). The SMILES string of the molecule is CCCC(=O)NC(=S)Nc1cccc(Cl)c1. The van der Waals surface area contributed by atoms with Crippen LogP contribution in [0.5, 0.6) is 0 Å². The number of thiocarbonyl (C=S) groups is 1. The van der Waals surface area contributed by atoms with Gasteiger partial charge in [0.25, 0.3) is 0 Å². The first kappa shape index (κ1) is 12.9. The van der Waals surface area contributed by atoms with E-state index in [1.54, 1.807) is 18.2 Å². The van der Waals surface area contributed by atoms with Gasteiger partial charge in [-0.3, -0.25) is 4.79 Å². The van der Waals surface area contributed by atoms with Crippen molar-refractivity contribution in [3.8, 4) is 0 Å². The van der Waals surface area contributed by atoms with Crippen LogP contribution < -0.4 is 10.6 Å². The molecule has 0 radical (unpaired) electrons. The zero-order valence-electron chi connectivity index (χ0n) is 8.92. The number of halogens is 1. The molecule has 0 atom stereocenters. The van der Waals surface area contributed by atoms with E-state index >= 15 is 0 Å². The lowest BCUT2D eigenvalue weighted by Crippen LogP contribution is -2.33. The molecule has 0 bridgehead atoms. The molecule has 0 fully saturated rings. The van der Waals surface area contributed by atoms with Gasteiger partial charge in [-0.1, -0.05) is 24.6 Å². The summed E-state index contributed by atoms with van der Waals surface area (Å²) in [6.07, 6.45) is 1.27. The molecule has 1 amide bonds. The largest absolute Gasteiger partial charge is 0.332 e. The fourth-order valence-electron chi connectivity index (χ4n) is 1.14. The van der Waals surface area contributed by atoms with E-state index in [0.717, 1.165) is 12.1 Å². The highest BCUT2D eigenvalue weighted by atomic mass is 35.5. The third-order valence-electron chi connectivity index (χ3n) is 1.81. The second kappa shape index (κ2) is 6.45. The normalized spacial score (nSPS) is 9.62. The van der Waals surface area contributed by atoms with E-state index in [0.29, 0.717) is 16.6 Å². The van der Waals surface area contributed by atoms with Crippen LogP contribution in [0.3, 0.4) is 0 Å². The average molecular weight is 257 g/mol. The predicted octanol–water partition coefficient (Wildman–Crippen LogP) is 2.95. The van der Waals surface area contributed by atoms with Crippen LogP contribution in [0.1, 0.15) is 19.8 Å². The van der Waals surface area contributed by atoms with Gasteiger partial charge in [-0.05, 0) is 36.8 Å². The molecule has 16 heavy (non-hydrogen) atoms. The van der Waals surface area contributed by atoms with Crippen LogP contribution >= 0.6 is 23.8 Å². The van der Waals surface area contributed by atoms with Crippen molar-refractivity contribution >= 4 is 40.5 Å². The molecular weight excluding hydrogens is 244 g/mol. The lowest BCUT2D eigenvalue weighted by Gasteiger charge is -2.09. The van der Waals surface area contributed by atoms with Crippen molar-refractivity contribution in [3.05, 3.63) is 29.3 Å². The Bertz CT molecular complexity index is 395. The summed E-state index contributed by atoms with van der Waals surface area (Å²) in [5, 5.41) is 6.38. The molecule has 0 saturated carbocycles. The number of carbonyl (C=O) groups excluding carboxylic acids is 1. The molecule has 1 aromatic rings. The first-order valence-electron chi connectivity index (χ1n) is 4.98. The van der Waals surface area contributed by atoms with Crippen molar-refractivity contribution in [2.75, 3.05) is 5.32 Å². The van der Waals surface area contributed by atoms with Crippen LogP contribution in [-0.2, 0) is 4.79 Å². The van der Waals surface area contributed by atoms with E-state index in [9.17, 15) is 4.79 Å². The summed E-state index contributed by atoms with van der Waals surface area (Å²) >= 11 is 10.8. The number of hydrogen-bond acceptors (Lipinski definition) is 2. The van der Waals surface area contributed by atoms with Crippen molar-refractivity contribution < 1.29 is 4.79 Å². The quantitative estimate of drug-likeness (QED) is 0.817. The number of amides is 1. The fourth-order valence-corrected chi connectivity index (χ4v) is 1.57. The van der Waals surface area contributed by atoms with Gasteiger partial charge in [0.15, 0.2) is 5.11 Å². The summed E-state index contributed by atoms with van der Waals surface area (Å²) in [7, 11) is 0. The van der Waals surface area contributed by atoms with E-state index in [1.807, 2.05) is 13.0 Å². The number of benzene rings is 1. The Balaban J connectivity index is 2.48. The molecule has 0 heterocycles. The Morgan fingerprint density at radius 1 is 1.50 bits per heavy atom.